The summed E-state index contributed by atoms with van der Waals surface area (Å²) in [4.78, 5) is 0. The van der Waals surface area contributed by atoms with Crippen LogP contribution in [0.4, 0.5) is 0 Å². The molecule has 0 aromatic heterocycles. The van der Waals surface area contributed by atoms with Crippen molar-refractivity contribution in [2.75, 3.05) is 0 Å². The Hall–Kier alpha value is -0.780. The Morgan fingerprint density at radius 1 is 1.00 bits per heavy atom. The van der Waals surface area contributed by atoms with Crippen LogP contribution in [0.2, 0.25) is 0 Å². The van der Waals surface area contributed by atoms with E-state index in [1.165, 1.54) is 11.1 Å². The molecule has 0 spiro atoms. The molecule has 0 saturated heterocycles. The lowest BCUT2D eigenvalue weighted by Gasteiger charge is -2.00. The summed E-state index contributed by atoms with van der Waals surface area (Å²) in [5.74, 6) is 0.551. The summed E-state index contributed by atoms with van der Waals surface area (Å²) in [5.41, 5.74) is 2.72. The van der Waals surface area contributed by atoms with Crippen LogP contribution in [0.5, 0.6) is 0 Å². The first kappa shape index (κ1) is 21.5. The molecule has 0 aliphatic carbocycles. The average Bonchev–Trinajstić information content (AvgIpc) is 2.30. The predicted octanol–water partition coefficient (Wildman–Crippen LogP) is 6.55. The van der Waals surface area contributed by atoms with Gasteiger partial charge in [-0.2, -0.15) is 0 Å². The van der Waals surface area contributed by atoms with E-state index < -0.39 is 0 Å². The molecule has 17 heavy (non-hydrogen) atoms. The highest BCUT2D eigenvalue weighted by Crippen LogP contribution is 2.07. The molecule has 0 heteroatoms. The lowest BCUT2D eigenvalue weighted by molar-refractivity contribution is 0.920. The van der Waals surface area contributed by atoms with Crippen molar-refractivity contribution in [2.45, 2.75) is 68.7 Å². The maximum Gasteiger partial charge on any atom is -0.00762 e. The first-order valence-corrected chi connectivity index (χ1v) is 7.06. The molecule has 1 unspecified atom stereocenters. The summed E-state index contributed by atoms with van der Waals surface area (Å²) in [5, 5.41) is 0. The fraction of sp³-hybridized carbons (Fsp3) is 0.647. The SMILES string of the molecule is CC.CC.CC/C=C/C(C)/C=C(/C)C=C(C)C. The van der Waals surface area contributed by atoms with E-state index in [1.807, 2.05) is 27.7 Å². The third-order valence-corrected chi connectivity index (χ3v) is 1.72. The third-order valence-electron chi connectivity index (χ3n) is 1.72. The predicted molar refractivity (Wildman–Crippen MR) is 84.5 cm³/mol. The zero-order chi connectivity index (χ0) is 14.3. The maximum absolute atomic E-state index is 2.29. The monoisotopic (exact) mass is 238 g/mol. The Bertz CT molecular complexity index is 212. The average molecular weight is 238 g/mol. The van der Waals surface area contributed by atoms with Gasteiger partial charge in [-0.25, -0.2) is 0 Å². The van der Waals surface area contributed by atoms with Crippen molar-refractivity contribution in [3.05, 3.63) is 35.5 Å². The molecule has 0 saturated carbocycles. The molecule has 0 aliphatic rings. The summed E-state index contributed by atoms with van der Waals surface area (Å²) in [6.45, 7) is 18.8. The molecule has 0 bridgehead atoms. The molecular weight excluding hydrogens is 204 g/mol. The van der Waals surface area contributed by atoms with Crippen molar-refractivity contribution in [2.24, 2.45) is 5.92 Å². The lowest BCUT2D eigenvalue weighted by atomic mass is 10.1. The normalized spacial score (nSPS) is 11.9. The van der Waals surface area contributed by atoms with Gasteiger partial charge in [0.05, 0.1) is 0 Å². The van der Waals surface area contributed by atoms with E-state index in [2.05, 4.69) is 58.9 Å². The molecule has 0 aromatic rings. The summed E-state index contributed by atoms with van der Waals surface area (Å²) in [6, 6.07) is 0. The summed E-state index contributed by atoms with van der Waals surface area (Å²) in [7, 11) is 0. The van der Waals surface area contributed by atoms with Gasteiger partial charge in [0.2, 0.25) is 0 Å². The van der Waals surface area contributed by atoms with E-state index in [9.17, 15) is 0 Å². The van der Waals surface area contributed by atoms with Crippen LogP contribution < -0.4 is 0 Å². The minimum Gasteiger partial charge on any atom is -0.0882 e. The number of allylic oxidation sites excluding steroid dienone is 6. The van der Waals surface area contributed by atoms with Gasteiger partial charge in [-0.1, -0.05) is 77.0 Å². The first-order chi connectivity index (χ1) is 8.06. The van der Waals surface area contributed by atoms with Crippen molar-refractivity contribution < 1.29 is 0 Å². The fourth-order valence-corrected chi connectivity index (χ4v) is 1.32. The van der Waals surface area contributed by atoms with Crippen molar-refractivity contribution in [3.8, 4) is 0 Å². The zero-order valence-electron chi connectivity index (χ0n) is 13.6. The number of hydrogen-bond donors (Lipinski definition) is 0. The van der Waals surface area contributed by atoms with Gasteiger partial charge in [-0.3, -0.25) is 0 Å². The highest BCUT2D eigenvalue weighted by molar-refractivity contribution is 5.21. The Morgan fingerprint density at radius 2 is 1.47 bits per heavy atom. The Balaban J connectivity index is -0.000000439. The quantitative estimate of drug-likeness (QED) is 0.384. The van der Waals surface area contributed by atoms with Gasteiger partial charge in [-0.15, -0.1) is 0 Å². The molecule has 102 valence electrons. The van der Waals surface area contributed by atoms with Gasteiger partial charge >= 0.3 is 0 Å². The maximum atomic E-state index is 2.29. The number of rotatable bonds is 4. The van der Waals surface area contributed by atoms with Gasteiger partial charge < -0.3 is 0 Å². The Kier molecular flexibility index (Phi) is 22.3. The molecule has 0 amide bonds. The van der Waals surface area contributed by atoms with Crippen LogP contribution in [-0.4, -0.2) is 0 Å². The summed E-state index contributed by atoms with van der Waals surface area (Å²) >= 11 is 0. The molecule has 0 N–H and O–H groups in total. The van der Waals surface area contributed by atoms with Crippen molar-refractivity contribution >= 4 is 0 Å². The van der Waals surface area contributed by atoms with E-state index in [0.717, 1.165) is 6.42 Å². The molecule has 0 rings (SSSR count). The van der Waals surface area contributed by atoms with Crippen LogP contribution in [0.3, 0.4) is 0 Å². The molecule has 0 radical (unpaired) electrons. The Morgan fingerprint density at radius 3 is 1.82 bits per heavy atom. The molecule has 0 heterocycles. The minimum absolute atomic E-state index is 0.551. The Labute approximate surface area is 111 Å². The highest BCUT2D eigenvalue weighted by atomic mass is 14.0. The largest absolute Gasteiger partial charge is 0.0882 e. The van der Waals surface area contributed by atoms with Crippen molar-refractivity contribution in [3.63, 3.8) is 0 Å². The molecule has 0 nitrogen and oxygen atoms in total. The van der Waals surface area contributed by atoms with Gasteiger partial charge in [0, 0.05) is 0 Å². The highest BCUT2D eigenvalue weighted by Gasteiger charge is 1.91. The second-order valence-electron chi connectivity index (χ2n) is 3.83. The van der Waals surface area contributed by atoms with Gasteiger partial charge in [0.1, 0.15) is 0 Å². The molecular formula is C17H34. The second kappa shape index (κ2) is 17.6. The van der Waals surface area contributed by atoms with E-state index >= 15 is 0 Å². The van der Waals surface area contributed by atoms with E-state index in [4.69, 9.17) is 0 Å². The van der Waals surface area contributed by atoms with Gasteiger partial charge in [-0.05, 0) is 33.1 Å². The molecule has 0 aromatic carbocycles. The van der Waals surface area contributed by atoms with Gasteiger partial charge in [0.25, 0.3) is 0 Å². The second-order valence-corrected chi connectivity index (χ2v) is 3.83. The van der Waals surface area contributed by atoms with E-state index in [1.54, 1.807) is 0 Å². The third kappa shape index (κ3) is 21.1. The molecule has 0 fully saturated rings. The fourth-order valence-electron chi connectivity index (χ4n) is 1.32. The smallest absolute Gasteiger partial charge is 0.00762 e. The van der Waals surface area contributed by atoms with Crippen LogP contribution in [0.25, 0.3) is 0 Å². The molecule has 0 aliphatic heterocycles. The standard InChI is InChI=1S/C13H22.2C2H6/c1-6-7-8-12(4)10-13(5)9-11(2)3;2*1-2/h7-10,12H,6H2,1-5H3;2*1-2H3/b8-7+,13-10-;;. The van der Waals surface area contributed by atoms with Crippen LogP contribution >= 0.6 is 0 Å². The molecule has 1 atom stereocenters. The van der Waals surface area contributed by atoms with Crippen LogP contribution in [0.1, 0.15) is 68.7 Å². The van der Waals surface area contributed by atoms with Crippen molar-refractivity contribution in [1.29, 1.82) is 0 Å². The summed E-state index contributed by atoms with van der Waals surface area (Å²) in [6.07, 6.45) is 10.1. The van der Waals surface area contributed by atoms with Crippen LogP contribution in [-0.2, 0) is 0 Å². The van der Waals surface area contributed by atoms with Crippen LogP contribution in [0.15, 0.2) is 35.5 Å². The summed E-state index contributed by atoms with van der Waals surface area (Å²) < 4.78 is 0. The lowest BCUT2D eigenvalue weighted by Crippen LogP contribution is -1.84. The zero-order valence-corrected chi connectivity index (χ0v) is 13.6. The first-order valence-electron chi connectivity index (χ1n) is 7.06. The minimum atomic E-state index is 0.551. The number of hydrogen-bond acceptors (Lipinski definition) is 0. The van der Waals surface area contributed by atoms with E-state index in [0.29, 0.717) is 5.92 Å². The van der Waals surface area contributed by atoms with Gasteiger partial charge in [0.15, 0.2) is 0 Å². The van der Waals surface area contributed by atoms with Crippen molar-refractivity contribution in [1.82, 2.24) is 0 Å². The van der Waals surface area contributed by atoms with Crippen LogP contribution in [0, 0.1) is 5.92 Å². The van der Waals surface area contributed by atoms with E-state index in [-0.39, 0.29) is 0 Å². The topological polar surface area (TPSA) is 0 Å².